The van der Waals surface area contributed by atoms with Crippen LogP contribution in [-0.2, 0) is 9.59 Å². The third kappa shape index (κ3) is 1.20. The van der Waals surface area contributed by atoms with Crippen LogP contribution < -0.4 is 0 Å². The first-order chi connectivity index (χ1) is 8.30. The van der Waals surface area contributed by atoms with E-state index in [1.807, 2.05) is 6.92 Å². The smallest absolute Gasteiger partial charge is 0.307 e. The van der Waals surface area contributed by atoms with Gasteiger partial charge >= 0.3 is 5.97 Å². The summed E-state index contributed by atoms with van der Waals surface area (Å²) in [7, 11) is 0. The molecule has 3 saturated carbocycles. The highest BCUT2D eigenvalue weighted by atomic mass is 16.4. The highest BCUT2D eigenvalue weighted by molar-refractivity contribution is 5.87. The van der Waals surface area contributed by atoms with Gasteiger partial charge in [0.1, 0.15) is 5.78 Å². The minimum atomic E-state index is -0.683. The molecule has 100 valence electrons. The number of carboxylic acid groups (broad SMARTS) is 1. The molecule has 3 heteroatoms. The van der Waals surface area contributed by atoms with Crippen molar-refractivity contribution in [3.8, 4) is 0 Å². The van der Waals surface area contributed by atoms with Crippen molar-refractivity contribution < 1.29 is 14.7 Å². The maximum atomic E-state index is 12.1. The Bertz CT molecular complexity index is 425. The van der Waals surface area contributed by atoms with Crippen molar-refractivity contribution in [1.82, 2.24) is 0 Å². The molecule has 0 radical (unpaired) electrons. The molecule has 1 unspecified atom stereocenters. The van der Waals surface area contributed by atoms with Crippen LogP contribution in [0.15, 0.2) is 0 Å². The second-order valence-electron chi connectivity index (χ2n) is 7.35. The molecule has 3 aliphatic carbocycles. The minimum absolute atomic E-state index is 0.0619. The highest BCUT2D eigenvalue weighted by Crippen LogP contribution is 2.72. The van der Waals surface area contributed by atoms with Crippen LogP contribution in [0.2, 0.25) is 0 Å². The summed E-state index contributed by atoms with van der Waals surface area (Å²) in [6.07, 6.45) is 3.28. The molecule has 2 bridgehead atoms. The molecular formula is C15H22O3. The van der Waals surface area contributed by atoms with E-state index in [2.05, 4.69) is 13.8 Å². The Morgan fingerprint density at radius 1 is 1.28 bits per heavy atom. The van der Waals surface area contributed by atoms with Crippen molar-refractivity contribution in [3.05, 3.63) is 0 Å². The maximum Gasteiger partial charge on any atom is 0.307 e. The van der Waals surface area contributed by atoms with Gasteiger partial charge in [0, 0.05) is 12.3 Å². The van der Waals surface area contributed by atoms with Crippen molar-refractivity contribution in [2.24, 2.45) is 34.5 Å². The molecule has 0 spiro atoms. The van der Waals surface area contributed by atoms with Crippen molar-refractivity contribution >= 4 is 11.8 Å². The molecule has 0 aromatic carbocycles. The van der Waals surface area contributed by atoms with Gasteiger partial charge in [-0.2, -0.15) is 0 Å². The standard InChI is InChI=1S/C15H22O3/c1-8-12(16)6-11-9-4-5-10(13(17)18)15(8,11)7-14(9,2)3/h8-11H,4-7H2,1-3H3,(H,17,18)/t8-,9+,10-,11?,15+/m0/s1. The zero-order valence-corrected chi connectivity index (χ0v) is 11.4. The highest BCUT2D eigenvalue weighted by Gasteiger charge is 2.69. The van der Waals surface area contributed by atoms with Gasteiger partial charge in [-0.3, -0.25) is 9.59 Å². The van der Waals surface area contributed by atoms with Crippen LogP contribution >= 0.6 is 0 Å². The van der Waals surface area contributed by atoms with E-state index in [1.54, 1.807) is 0 Å². The molecule has 0 heterocycles. The lowest BCUT2D eigenvalue weighted by molar-refractivity contribution is -0.152. The fraction of sp³-hybridized carbons (Fsp3) is 0.867. The molecule has 0 aromatic rings. The van der Waals surface area contributed by atoms with Crippen LogP contribution in [0.1, 0.15) is 46.5 Å². The molecule has 3 aliphatic rings. The molecule has 18 heavy (non-hydrogen) atoms. The van der Waals surface area contributed by atoms with Crippen LogP contribution in [0.3, 0.4) is 0 Å². The summed E-state index contributed by atoms with van der Waals surface area (Å²) >= 11 is 0. The molecule has 3 fully saturated rings. The zero-order valence-electron chi connectivity index (χ0n) is 11.4. The van der Waals surface area contributed by atoms with E-state index < -0.39 is 5.97 Å². The van der Waals surface area contributed by atoms with E-state index in [0.29, 0.717) is 24.0 Å². The van der Waals surface area contributed by atoms with Gasteiger partial charge in [-0.15, -0.1) is 0 Å². The molecule has 3 rings (SSSR count). The van der Waals surface area contributed by atoms with Crippen molar-refractivity contribution in [2.75, 3.05) is 0 Å². The van der Waals surface area contributed by atoms with Gasteiger partial charge in [-0.05, 0) is 41.9 Å². The van der Waals surface area contributed by atoms with E-state index in [0.717, 1.165) is 19.3 Å². The van der Waals surface area contributed by atoms with E-state index in [-0.39, 0.29) is 22.7 Å². The summed E-state index contributed by atoms with van der Waals surface area (Å²) in [5.41, 5.74) is -0.0425. The number of rotatable bonds is 1. The molecule has 3 nitrogen and oxygen atoms in total. The Labute approximate surface area is 108 Å². The largest absolute Gasteiger partial charge is 0.481 e. The van der Waals surface area contributed by atoms with Gasteiger partial charge in [-0.25, -0.2) is 0 Å². The fourth-order valence-corrected chi connectivity index (χ4v) is 5.71. The van der Waals surface area contributed by atoms with Crippen molar-refractivity contribution in [3.63, 3.8) is 0 Å². The van der Waals surface area contributed by atoms with Crippen LogP contribution in [0.5, 0.6) is 0 Å². The van der Waals surface area contributed by atoms with Crippen molar-refractivity contribution in [2.45, 2.75) is 46.5 Å². The average molecular weight is 250 g/mol. The summed E-state index contributed by atoms with van der Waals surface area (Å²) in [6.45, 7) is 6.50. The second-order valence-corrected chi connectivity index (χ2v) is 7.35. The van der Waals surface area contributed by atoms with Crippen LogP contribution in [0.4, 0.5) is 0 Å². The molecule has 0 amide bonds. The molecule has 0 aromatic heterocycles. The summed E-state index contributed by atoms with van der Waals surface area (Å²) in [4.78, 5) is 23.7. The topological polar surface area (TPSA) is 54.4 Å². The first-order valence-corrected chi connectivity index (χ1v) is 7.06. The van der Waals surface area contributed by atoms with Gasteiger partial charge in [0.2, 0.25) is 0 Å². The Morgan fingerprint density at radius 3 is 2.56 bits per heavy atom. The monoisotopic (exact) mass is 250 g/mol. The second kappa shape index (κ2) is 3.37. The van der Waals surface area contributed by atoms with Crippen LogP contribution in [0.25, 0.3) is 0 Å². The van der Waals surface area contributed by atoms with Gasteiger partial charge in [0.15, 0.2) is 0 Å². The Morgan fingerprint density at radius 2 is 1.94 bits per heavy atom. The number of aliphatic carboxylic acids is 1. The predicted molar refractivity (Wildman–Crippen MR) is 67.0 cm³/mol. The number of Topliss-reactive ketones (excluding diaryl/α,β-unsaturated/α-hetero) is 1. The van der Waals surface area contributed by atoms with Crippen molar-refractivity contribution in [1.29, 1.82) is 0 Å². The summed E-state index contributed by atoms with van der Waals surface area (Å²) in [5.74, 6) is 0.119. The van der Waals surface area contributed by atoms with Gasteiger partial charge < -0.3 is 5.11 Å². The fourth-order valence-electron chi connectivity index (χ4n) is 5.71. The maximum absolute atomic E-state index is 12.1. The first-order valence-electron chi connectivity index (χ1n) is 7.06. The zero-order chi connectivity index (χ0) is 13.3. The lowest BCUT2D eigenvalue weighted by Gasteiger charge is -2.43. The number of carboxylic acids is 1. The Hall–Kier alpha value is -0.860. The normalized spacial score (nSPS) is 49.2. The molecular weight excluding hydrogens is 228 g/mol. The first kappa shape index (κ1) is 12.2. The minimum Gasteiger partial charge on any atom is -0.481 e. The van der Waals surface area contributed by atoms with Gasteiger partial charge in [0.25, 0.3) is 0 Å². The van der Waals surface area contributed by atoms with Gasteiger partial charge in [-0.1, -0.05) is 20.8 Å². The molecule has 0 aliphatic heterocycles. The van der Waals surface area contributed by atoms with E-state index >= 15 is 0 Å². The van der Waals surface area contributed by atoms with Crippen LogP contribution in [0, 0.1) is 34.5 Å². The number of carbonyl (C=O) groups excluding carboxylic acids is 1. The lowest BCUT2D eigenvalue weighted by atomic mass is 9.59. The van der Waals surface area contributed by atoms with E-state index in [4.69, 9.17) is 0 Å². The van der Waals surface area contributed by atoms with Gasteiger partial charge in [0.05, 0.1) is 5.92 Å². The van der Waals surface area contributed by atoms with E-state index in [9.17, 15) is 14.7 Å². The lowest BCUT2D eigenvalue weighted by Crippen LogP contribution is -2.44. The quantitative estimate of drug-likeness (QED) is 0.778. The average Bonchev–Trinajstić information content (AvgIpc) is 2.57. The molecule has 0 saturated heterocycles. The molecule has 5 atom stereocenters. The van der Waals surface area contributed by atoms with E-state index in [1.165, 1.54) is 0 Å². The van der Waals surface area contributed by atoms with Crippen LogP contribution in [-0.4, -0.2) is 16.9 Å². The Kier molecular flexibility index (Phi) is 2.28. The summed E-state index contributed by atoms with van der Waals surface area (Å²) in [5, 5.41) is 9.56. The third-order valence-electron chi connectivity index (χ3n) is 6.37. The molecule has 1 N–H and O–H groups in total. The Balaban J connectivity index is 2.13. The number of hydrogen-bond acceptors (Lipinski definition) is 2. The summed E-state index contributed by atoms with van der Waals surface area (Å²) < 4.78 is 0. The number of hydrogen-bond donors (Lipinski definition) is 1. The SMILES string of the molecule is C[C@H]1C(=O)CC2[C@H]3CC[C@@H](C(=O)O)[C@]21CC3(C)C. The predicted octanol–water partition coefficient (Wildman–Crippen LogP) is 2.74. The number of carbonyl (C=O) groups is 2. The summed E-state index contributed by atoms with van der Waals surface area (Å²) in [6, 6.07) is 0. The third-order valence-corrected chi connectivity index (χ3v) is 6.37. The number of ketones is 1.